The highest BCUT2D eigenvalue weighted by molar-refractivity contribution is 7.99. The van der Waals surface area contributed by atoms with Crippen LogP contribution in [-0.4, -0.2) is 24.1 Å². The van der Waals surface area contributed by atoms with Gasteiger partial charge in [0.2, 0.25) is 0 Å². The van der Waals surface area contributed by atoms with E-state index in [-0.39, 0.29) is 0 Å². The van der Waals surface area contributed by atoms with Gasteiger partial charge in [-0.25, -0.2) is 0 Å². The quantitative estimate of drug-likeness (QED) is 0.482. The first-order chi connectivity index (χ1) is 5.84. The van der Waals surface area contributed by atoms with Crippen LogP contribution in [0.2, 0.25) is 0 Å². The van der Waals surface area contributed by atoms with Gasteiger partial charge < -0.3 is 5.32 Å². The zero-order chi connectivity index (χ0) is 8.81. The Morgan fingerprint density at radius 2 is 2.42 bits per heavy atom. The first kappa shape index (κ1) is 10.1. The molecule has 0 saturated heterocycles. The van der Waals surface area contributed by atoms with Crippen LogP contribution in [0.15, 0.2) is 12.7 Å². The van der Waals surface area contributed by atoms with Crippen LogP contribution >= 0.6 is 11.8 Å². The van der Waals surface area contributed by atoms with Gasteiger partial charge in [0, 0.05) is 24.1 Å². The van der Waals surface area contributed by atoms with Crippen molar-refractivity contribution in [1.29, 1.82) is 0 Å². The van der Waals surface area contributed by atoms with Crippen molar-refractivity contribution in [2.24, 2.45) is 5.92 Å². The lowest BCUT2D eigenvalue weighted by molar-refractivity contribution is 0.514. The Morgan fingerprint density at radius 1 is 1.67 bits per heavy atom. The molecule has 0 aromatic rings. The zero-order valence-electron chi connectivity index (χ0n) is 7.88. The maximum Gasteiger partial charge on any atom is 0.0111 e. The summed E-state index contributed by atoms with van der Waals surface area (Å²) in [6.07, 6.45) is 4.84. The normalized spacial score (nSPS) is 19.1. The minimum atomic E-state index is 0.745. The molecule has 0 radical (unpaired) electrons. The molecule has 1 aliphatic carbocycles. The van der Waals surface area contributed by atoms with E-state index < -0.39 is 0 Å². The summed E-state index contributed by atoms with van der Waals surface area (Å²) in [6.45, 7) is 7.14. The molecule has 1 fully saturated rings. The molecule has 0 heterocycles. The molecule has 1 nitrogen and oxygen atoms in total. The highest BCUT2D eigenvalue weighted by Gasteiger charge is 2.26. The largest absolute Gasteiger partial charge is 0.313 e. The number of rotatable bonds is 7. The van der Waals surface area contributed by atoms with Crippen molar-refractivity contribution < 1.29 is 0 Å². The van der Waals surface area contributed by atoms with E-state index in [1.54, 1.807) is 0 Å². The first-order valence-corrected chi connectivity index (χ1v) is 5.92. The first-order valence-electron chi connectivity index (χ1n) is 4.76. The summed E-state index contributed by atoms with van der Waals surface area (Å²) in [7, 11) is 0. The minimum Gasteiger partial charge on any atom is -0.313 e. The van der Waals surface area contributed by atoms with Gasteiger partial charge in [-0.2, -0.15) is 11.8 Å². The molecule has 0 spiro atoms. The summed E-state index contributed by atoms with van der Waals surface area (Å²) in [4.78, 5) is 0. The van der Waals surface area contributed by atoms with Gasteiger partial charge in [-0.3, -0.25) is 0 Å². The summed E-state index contributed by atoms with van der Waals surface area (Å²) in [6, 6.07) is 0.745. The molecule has 1 atom stereocenters. The van der Waals surface area contributed by atoms with Crippen LogP contribution in [0.3, 0.4) is 0 Å². The average Bonchev–Trinajstić information content (AvgIpc) is 2.86. The second kappa shape index (κ2) is 5.65. The van der Waals surface area contributed by atoms with Gasteiger partial charge in [0.05, 0.1) is 0 Å². The summed E-state index contributed by atoms with van der Waals surface area (Å²) >= 11 is 1.95. The fourth-order valence-electron chi connectivity index (χ4n) is 1.29. The van der Waals surface area contributed by atoms with Crippen molar-refractivity contribution in [2.45, 2.75) is 25.8 Å². The van der Waals surface area contributed by atoms with E-state index in [2.05, 4.69) is 18.8 Å². The summed E-state index contributed by atoms with van der Waals surface area (Å²) in [5, 5.41) is 3.55. The van der Waals surface area contributed by atoms with E-state index in [1.165, 1.54) is 18.6 Å². The molecule has 0 aliphatic heterocycles. The molecular weight excluding hydrogens is 166 g/mol. The van der Waals surface area contributed by atoms with E-state index in [0.29, 0.717) is 0 Å². The molecule has 0 bridgehead atoms. The fourth-order valence-corrected chi connectivity index (χ4v) is 1.88. The third-order valence-electron chi connectivity index (χ3n) is 2.28. The van der Waals surface area contributed by atoms with Crippen LogP contribution < -0.4 is 5.32 Å². The van der Waals surface area contributed by atoms with E-state index in [9.17, 15) is 0 Å². The van der Waals surface area contributed by atoms with Crippen LogP contribution in [0.1, 0.15) is 19.8 Å². The third kappa shape index (κ3) is 4.17. The van der Waals surface area contributed by atoms with E-state index in [4.69, 9.17) is 0 Å². The van der Waals surface area contributed by atoms with Gasteiger partial charge in [-0.05, 0) is 25.7 Å². The van der Waals surface area contributed by atoms with E-state index >= 15 is 0 Å². The topological polar surface area (TPSA) is 12.0 Å². The van der Waals surface area contributed by atoms with Crippen molar-refractivity contribution in [3.05, 3.63) is 12.7 Å². The molecule has 0 aromatic carbocycles. The lowest BCUT2D eigenvalue weighted by Crippen LogP contribution is -2.29. The van der Waals surface area contributed by atoms with Crippen LogP contribution in [-0.2, 0) is 0 Å². The van der Waals surface area contributed by atoms with Gasteiger partial charge in [0.1, 0.15) is 0 Å². The van der Waals surface area contributed by atoms with E-state index in [1.807, 2.05) is 17.8 Å². The molecule has 0 amide bonds. The zero-order valence-corrected chi connectivity index (χ0v) is 8.70. The third-order valence-corrected chi connectivity index (χ3v) is 3.24. The second-order valence-corrected chi connectivity index (χ2v) is 4.59. The Hall–Kier alpha value is 0.0500. The van der Waals surface area contributed by atoms with E-state index in [0.717, 1.165) is 24.3 Å². The maximum atomic E-state index is 3.69. The molecule has 1 N–H and O–H groups in total. The lowest BCUT2D eigenvalue weighted by Gasteiger charge is -2.11. The fraction of sp³-hybridized carbons (Fsp3) is 0.800. The molecule has 1 rings (SSSR count). The summed E-state index contributed by atoms with van der Waals surface area (Å²) in [5.74, 6) is 3.28. The van der Waals surface area contributed by atoms with Crippen molar-refractivity contribution in [3.63, 3.8) is 0 Å². The standard InChI is InChI=1S/C10H19NS/c1-3-7-12-8-6-11-9(2)10-4-5-10/h3,9-11H,1,4-8H2,2H3. The molecular formula is C10H19NS. The number of hydrogen-bond acceptors (Lipinski definition) is 2. The highest BCUT2D eigenvalue weighted by atomic mass is 32.2. The molecule has 1 saturated carbocycles. The average molecular weight is 185 g/mol. The van der Waals surface area contributed by atoms with Crippen LogP contribution in [0.5, 0.6) is 0 Å². The molecule has 70 valence electrons. The van der Waals surface area contributed by atoms with Crippen molar-refractivity contribution in [1.82, 2.24) is 5.32 Å². The Bertz CT molecular complexity index is 132. The van der Waals surface area contributed by atoms with Gasteiger partial charge in [-0.1, -0.05) is 6.08 Å². The molecule has 0 aromatic heterocycles. The summed E-state index contributed by atoms with van der Waals surface area (Å²) in [5.41, 5.74) is 0. The number of nitrogens with one attached hydrogen (secondary N) is 1. The van der Waals surface area contributed by atoms with Gasteiger partial charge in [0.25, 0.3) is 0 Å². The number of thioether (sulfide) groups is 1. The van der Waals surface area contributed by atoms with Crippen LogP contribution in [0.4, 0.5) is 0 Å². The lowest BCUT2D eigenvalue weighted by atomic mass is 10.2. The van der Waals surface area contributed by atoms with Gasteiger partial charge in [0.15, 0.2) is 0 Å². The Kier molecular flexibility index (Phi) is 4.77. The Labute approximate surface area is 80.0 Å². The Balaban J connectivity index is 1.84. The predicted octanol–water partition coefficient (Wildman–Crippen LogP) is 2.29. The Morgan fingerprint density at radius 3 is 3.00 bits per heavy atom. The summed E-state index contributed by atoms with van der Waals surface area (Å²) < 4.78 is 0. The SMILES string of the molecule is C=CCSCCNC(C)C1CC1. The molecule has 12 heavy (non-hydrogen) atoms. The maximum absolute atomic E-state index is 3.69. The predicted molar refractivity (Wildman–Crippen MR) is 57.7 cm³/mol. The second-order valence-electron chi connectivity index (χ2n) is 3.44. The highest BCUT2D eigenvalue weighted by Crippen LogP contribution is 2.32. The van der Waals surface area contributed by atoms with Crippen molar-refractivity contribution >= 4 is 11.8 Å². The van der Waals surface area contributed by atoms with Gasteiger partial charge >= 0.3 is 0 Å². The van der Waals surface area contributed by atoms with Crippen LogP contribution in [0, 0.1) is 5.92 Å². The van der Waals surface area contributed by atoms with Crippen LogP contribution in [0.25, 0.3) is 0 Å². The minimum absolute atomic E-state index is 0.745. The van der Waals surface area contributed by atoms with Crippen molar-refractivity contribution in [3.8, 4) is 0 Å². The van der Waals surface area contributed by atoms with Crippen molar-refractivity contribution in [2.75, 3.05) is 18.1 Å². The molecule has 2 heteroatoms. The molecule has 1 unspecified atom stereocenters. The number of hydrogen-bond donors (Lipinski definition) is 1. The molecule has 1 aliphatic rings. The monoisotopic (exact) mass is 185 g/mol. The smallest absolute Gasteiger partial charge is 0.0111 e. The van der Waals surface area contributed by atoms with Gasteiger partial charge in [-0.15, -0.1) is 6.58 Å².